The number of halogens is 3. The van der Waals surface area contributed by atoms with Crippen molar-refractivity contribution in [2.24, 2.45) is 0 Å². The highest BCUT2D eigenvalue weighted by molar-refractivity contribution is 9.10. The van der Waals surface area contributed by atoms with E-state index in [1.54, 1.807) is 0 Å². The van der Waals surface area contributed by atoms with Crippen molar-refractivity contribution < 1.29 is 0 Å². The molecule has 0 saturated heterocycles. The molecule has 0 N–H and O–H groups in total. The molecular formula is C10H13BrCl2N2. The van der Waals surface area contributed by atoms with E-state index in [1.165, 1.54) is 0 Å². The van der Waals surface area contributed by atoms with Gasteiger partial charge in [-0.15, -0.1) is 11.6 Å². The van der Waals surface area contributed by atoms with Crippen molar-refractivity contribution >= 4 is 39.1 Å². The predicted molar refractivity (Wildman–Crippen MR) is 67.7 cm³/mol. The Labute approximate surface area is 109 Å². The maximum absolute atomic E-state index is 6.01. The van der Waals surface area contributed by atoms with Crippen molar-refractivity contribution in [3.8, 4) is 0 Å². The van der Waals surface area contributed by atoms with Crippen LogP contribution in [-0.2, 0) is 5.41 Å². The fraction of sp³-hybridized carbons (Fsp3) is 0.600. The minimum Gasteiger partial charge on any atom is -0.234 e. The summed E-state index contributed by atoms with van der Waals surface area (Å²) in [5, 5.41) is 0.175. The van der Waals surface area contributed by atoms with Crippen molar-refractivity contribution in [1.82, 2.24) is 9.97 Å². The van der Waals surface area contributed by atoms with Crippen LogP contribution in [0.1, 0.15) is 44.6 Å². The van der Waals surface area contributed by atoms with Gasteiger partial charge in [0.05, 0.1) is 15.5 Å². The third-order valence-electron chi connectivity index (χ3n) is 1.89. The zero-order chi connectivity index (χ0) is 11.8. The minimum atomic E-state index is -0.239. The van der Waals surface area contributed by atoms with Crippen LogP contribution in [0.3, 0.4) is 0 Å². The Balaban J connectivity index is 3.38. The molecule has 84 valence electrons. The highest BCUT2D eigenvalue weighted by Crippen LogP contribution is 2.33. The number of hydrogen-bond acceptors (Lipinski definition) is 2. The molecule has 0 spiro atoms. The molecule has 1 unspecified atom stereocenters. The van der Waals surface area contributed by atoms with Crippen LogP contribution >= 0.6 is 39.1 Å². The largest absolute Gasteiger partial charge is 0.234 e. The monoisotopic (exact) mass is 310 g/mol. The molecule has 0 amide bonds. The summed E-state index contributed by atoms with van der Waals surface area (Å²) in [7, 11) is 0. The van der Waals surface area contributed by atoms with E-state index >= 15 is 0 Å². The Hall–Kier alpha value is 0.140. The molecule has 0 aliphatic heterocycles. The third-order valence-corrected chi connectivity index (χ3v) is 3.34. The first kappa shape index (κ1) is 13.2. The highest BCUT2D eigenvalue weighted by Gasteiger charge is 2.23. The molecule has 0 fully saturated rings. The van der Waals surface area contributed by atoms with Crippen molar-refractivity contribution in [3.05, 3.63) is 21.1 Å². The molecule has 1 rings (SSSR count). The van der Waals surface area contributed by atoms with Crippen LogP contribution in [0.2, 0.25) is 5.15 Å². The maximum atomic E-state index is 6.01. The Morgan fingerprint density at radius 2 is 1.80 bits per heavy atom. The van der Waals surface area contributed by atoms with Gasteiger partial charge in [-0.2, -0.15) is 0 Å². The average molecular weight is 312 g/mol. The lowest BCUT2D eigenvalue weighted by Crippen LogP contribution is -2.17. The number of hydrogen-bond donors (Lipinski definition) is 0. The van der Waals surface area contributed by atoms with E-state index in [-0.39, 0.29) is 10.8 Å². The van der Waals surface area contributed by atoms with Crippen LogP contribution in [0.5, 0.6) is 0 Å². The van der Waals surface area contributed by atoms with E-state index in [1.807, 2.05) is 6.92 Å². The first-order valence-electron chi connectivity index (χ1n) is 4.61. The fourth-order valence-electron chi connectivity index (χ4n) is 1.11. The summed E-state index contributed by atoms with van der Waals surface area (Å²) in [6.45, 7) is 8.03. The van der Waals surface area contributed by atoms with E-state index in [2.05, 4.69) is 46.7 Å². The summed E-state index contributed by atoms with van der Waals surface area (Å²) >= 11 is 15.4. The Morgan fingerprint density at radius 3 is 2.20 bits per heavy atom. The number of aromatic nitrogens is 2. The molecule has 0 aliphatic rings. The first-order valence-corrected chi connectivity index (χ1v) is 6.21. The first-order chi connectivity index (χ1) is 6.73. The van der Waals surface area contributed by atoms with Gasteiger partial charge in [-0.25, -0.2) is 9.97 Å². The van der Waals surface area contributed by atoms with Crippen LogP contribution in [-0.4, -0.2) is 9.97 Å². The summed E-state index contributed by atoms with van der Waals surface area (Å²) in [5.74, 6) is 0.565. The van der Waals surface area contributed by atoms with Gasteiger partial charge in [0.25, 0.3) is 0 Å². The number of rotatable bonds is 1. The number of nitrogens with zero attached hydrogens (tertiary/aromatic N) is 2. The van der Waals surface area contributed by atoms with E-state index < -0.39 is 0 Å². The van der Waals surface area contributed by atoms with Gasteiger partial charge in [0.15, 0.2) is 0 Å². The van der Waals surface area contributed by atoms with E-state index in [9.17, 15) is 0 Å². The highest BCUT2D eigenvalue weighted by atomic mass is 79.9. The van der Waals surface area contributed by atoms with Gasteiger partial charge in [-0.05, 0) is 22.9 Å². The Kier molecular flexibility index (Phi) is 4.01. The van der Waals surface area contributed by atoms with Crippen LogP contribution < -0.4 is 0 Å². The summed E-state index contributed by atoms with van der Waals surface area (Å²) in [6.07, 6.45) is 0. The smallest absolute Gasteiger partial charge is 0.147 e. The third kappa shape index (κ3) is 3.05. The van der Waals surface area contributed by atoms with Crippen LogP contribution in [0, 0.1) is 0 Å². The second kappa shape index (κ2) is 4.56. The minimum absolute atomic E-state index is 0.0913. The molecule has 1 atom stereocenters. The Bertz CT molecular complexity index is 372. The second-order valence-corrected chi connectivity index (χ2v) is 6.21. The predicted octanol–water partition coefficient (Wildman–Crippen LogP) is 4.49. The summed E-state index contributed by atoms with van der Waals surface area (Å²) < 4.78 is 0.748. The van der Waals surface area contributed by atoms with E-state index in [0.29, 0.717) is 11.0 Å². The van der Waals surface area contributed by atoms with Crippen molar-refractivity contribution in [2.45, 2.75) is 38.5 Å². The van der Waals surface area contributed by atoms with Gasteiger partial charge in [-0.3, -0.25) is 0 Å². The van der Waals surface area contributed by atoms with Crippen molar-refractivity contribution in [3.63, 3.8) is 0 Å². The molecule has 0 bridgehead atoms. The van der Waals surface area contributed by atoms with Crippen molar-refractivity contribution in [1.29, 1.82) is 0 Å². The van der Waals surface area contributed by atoms with Crippen LogP contribution in [0.4, 0.5) is 0 Å². The molecule has 1 aromatic heterocycles. The van der Waals surface area contributed by atoms with E-state index in [4.69, 9.17) is 23.2 Å². The van der Waals surface area contributed by atoms with Gasteiger partial charge >= 0.3 is 0 Å². The van der Waals surface area contributed by atoms with Gasteiger partial charge in [-0.1, -0.05) is 32.4 Å². The van der Waals surface area contributed by atoms with Gasteiger partial charge < -0.3 is 0 Å². The molecular weight excluding hydrogens is 299 g/mol. The van der Waals surface area contributed by atoms with Crippen molar-refractivity contribution in [2.75, 3.05) is 0 Å². The quantitative estimate of drug-likeness (QED) is 0.564. The molecule has 1 aromatic rings. The summed E-state index contributed by atoms with van der Waals surface area (Å²) in [4.78, 5) is 8.55. The normalized spacial score (nSPS) is 14.1. The maximum Gasteiger partial charge on any atom is 0.147 e. The molecule has 0 aliphatic carbocycles. The van der Waals surface area contributed by atoms with Gasteiger partial charge in [0.2, 0.25) is 0 Å². The zero-order valence-electron chi connectivity index (χ0n) is 9.11. The molecule has 2 nitrogen and oxygen atoms in total. The van der Waals surface area contributed by atoms with Gasteiger partial charge in [0.1, 0.15) is 11.0 Å². The van der Waals surface area contributed by atoms with Crippen LogP contribution in [0.25, 0.3) is 0 Å². The molecule has 0 saturated carbocycles. The lowest BCUT2D eigenvalue weighted by molar-refractivity contribution is 0.558. The Morgan fingerprint density at radius 1 is 1.27 bits per heavy atom. The molecule has 0 aromatic carbocycles. The number of alkyl halides is 1. The molecule has 15 heavy (non-hydrogen) atoms. The zero-order valence-corrected chi connectivity index (χ0v) is 12.2. The fourth-order valence-corrected chi connectivity index (χ4v) is 2.16. The second-order valence-electron chi connectivity index (χ2n) is 4.40. The topological polar surface area (TPSA) is 25.8 Å². The van der Waals surface area contributed by atoms with Gasteiger partial charge in [0, 0.05) is 5.41 Å². The molecule has 1 heterocycles. The standard InChI is InChI=1S/C10H13BrCl2N2/c1-5(12)9-14-7(10(2,3)4)6(11)8(13)15-9/h5H,1-4H3. The lowest BCUT2D eigenvalue weighted by Gasteiger charge is -2.20. The SMILES string of the molecule is CC(Cl)c1nc(Cl)c(Br)c(C(C)(C)C)n1. The lowest BCUT2D eigenvalue weighted by atomic mass is 9.92. The summed E-state index contributed by atoms with van der Waals surface area (Å²) in [6, 6.07) is 0. The molecule has 0 radical (unpaired) electrons. The average Bonchev–Trinajstić information content (AvgIpc) is 2.06. The molecule has 5 heteroatoms. The van der Waals surface area contributed by atoms with Crippen LogP contribution in [0.15, 0.2) is 4.47 Å². The van der Waals surface area contributed by atoms with E-state index in [0.717, 1.165) is 10.2 Å². The summed E-state index contributed by atoms with van der Waals surface area (Å²) in [5.41, 5.74) is 0.788.